The molecule has 3 aromatic rings. The van der Waals surface area contributed by atoms with E-state index in [2.05, 4.69) is 41.8 Å². The molecule has 0 aromatic heterocycles. The Balaban J connectivity index is 1.46. The molecule has 0 aliphatic carbocycles. The number of nitrogens with one attached hydrogen (secondary N) is 3. The molecule has 4 nitrogen and oxygen atoms in total. The lowest BCUT2D eigenvalue weighted by Crippen LogP contribution is -2.29. The van der Waals surface area contributed by atoms with Gasteiger partial charge in [-0.05, 0) is 47.9 Å². The van der Waals surface area contributed by atoms with Crippen LogP contribution in [0.4, 0.5) is 36.8 Å². The Labute approximate surface area is 204 Å². The van der Waals surface area contributed by atoms with Crippen LogP contribution in [0.5, 0.6) is 0 Å². The van der Waals surface area contributed by atoms with Gasteiger partial charge in [-0.2, -0.15) is 26.3 Å². The lowest BCUT2D eigenvalue weighted by atomic mass is 10.00. The van der Waals surface area contributed by atoms with E-state index in [0.29, 0.717) is 25.1 Å². The molecule has 0 saturated carbocycles. The van der Waals surface area contributed by atoms with E-state index in [-0.39, 0.29) is 18.7 Å². The Bertz CT molecular complexity index is 1180. The van der Waals surface area contributed by atoms with Crippen molar-refractivity contribution in [2.24, 2.45) is 0 Å². The van der Waals surface area contributed by atoms with Gasteiger partial charge in [0.15, 0.2) is 0 Å². The van der Waals surface area contributed by atoms with E-state index in [1.54, 1.807) is 0 Å². The van der Waals surface area contributed by atoms with Crippen LogP contribution >= 0.6 is 0 Å². The summed E-state index contributed by atoms with van der Waals surface area (Å²) in [5, 5.41) is 10.2. The highest BCUT2D eigenvalue weighted by Gasteiger charge is 2.37. The zero-order valence-corrected chi connectivity index (χ0v) is 19.3. The van der Waals surface area contributed by atoms with Crippen molar-refractivity contribution < 1.29 is 31.1 Å². The van der Waals surface area contributed by atoms with Crippen LogP contribution in [-0.4, -0.2) is 19.1 Å². The Morgan fingerprint density at radius 1 is 0.889 bits per heavy atom. The van der Waals surface area contributed by atoms with E-state index in [9.17, 15) is 31.1 Å². The Morgan fingerprint density at radius 3 is 2.19 bits per heavy atom. The fourth-order valence-corrected chi connectivity index (χ4v) is 3.66. The summed E-state index contributed by atoms with van der Waals surface area (Å²) in [4.78, 5) is 12.0. The third kappa shape index (κ3) is 7.48. The number of hydrogen-bond acceptors (Lipinski definition) is 2. The minimum Gasteiger partial charge on any atom is -0.338 e. The minimum atomic E-state index is -4.99. The van der Waals surface area contributed by atoms with Crippen LogP contribution in [0.1, 0.15) is 36.1 Å². The summed E-state index contributed by atoms with van der Waals surface area (Å²) in [6.45, 7) is 2.77. The number of anilines is 1. The maximum Gasteiger partial charge on any atom is 0.416 e. The van der Waals surface area contributed by atoms with Crippen molar-refractivity contribution in [3.8, 4) is 0 Å². The van der Waals surface area contributed by atoms with Crippen molar-refractivity contribution >= 4 is 22.5 Å². The van der Waals surface area contributed by atoms with Crippen molar-refractivity contribution in [1.29, 1.82) is 0 Å². The van der Waals surface area contributed by atoms with Gasteiger partial charge >= 0.3 is 18.4 Å². The van der Waals surface area contributed by atoms with Crippen LogP contribution in [0.25, 0.3) is 10.8 Å². The Hall–Kier alpha value is -3.53. The zero-order chi connectivity index (χ0) is 26.3. The molecule has 0 aliphatic rings. The summed E-state index contributed by atoms with van der Waals surface area (Å²) in [6.07, 6.45) is -5.86. The topological polar surface area (TPSA) is 53.2 Å². The average Bonchev–Trinajstić information content (AvgIpc) is 2.81. The van der Waals surface area contributed by atoms with Crippen LogP contribution in [0.3, 0.4) is 0 Å². The van der Waals surface area contributed by atoms with Gasteiger partial charge in [-0.25, -0.2) is 4.79 Å². The number of urea groups is 1. The van der Waals surface area contributed by atoms with Gasteiger partial charge in [0.2, 0.25) is 0 Å². The average molecular weight is 509 g/mol. The number of carbonyl (C=O) groups excluding carboxylic acids is 1. The summed E-state index contributed by atoms with van der Waals surface area (Å²) in [7, 11) is 0. The van der Waals surface area contributed by atoms with Crippen molar-refractivity contribution in [3.05, 3.63) is 89.5 Å². The normalized spacial score (nSPS) is 13.2. The summed E-state index contributed by atoms with van der Waals surface area (Å²) in [5.74, 6) is 0. The molecule has 0 aliphatic heterocycles. The highest BCUT2D eigenvalue weighted by Crippen LogP contribution is 2.37. The second-order valence-corrected chi connectivity index (χ2v) is 8.13. The molecular weight excluding hydrogens is 484 g/mol. The molecule has 0 radical (unpaired) electrons. The molecule has 0 bridgehead atoms. The lowest BCUT2D eigenvalue weighted by Gasteiger charge is -2.15. The van der Waals surface area contributed by atoms with Gasteiger partial charge in [0, 0.05) is 24.8 Å². The summed E-state index contributed by atoms with van der Waals surface area (Å²) < 4.78 is 77.6. The number of fused-ring (bicyclic) bond motifs is 1. The standard InChI is InChI=1S/C26H25F6N3O/c1-17(22-11-7-9-18-8-3-4-10-23(18)22)33-12-5-2-6-13-34-24(36)35-21-15-19(25(27,28)29)14-20(16-21)26(30,31)32/h2-5,7-11,14-17,33H,6,12-13H2,1H3,(H2,34,35,36)/b5-2+/t17-/m1/s1. The Kier molecular flexibility index (Phi) is 8.62. The molecule has 3 N–H and O–H groups in total. The number of benzene rings is 3. The van der Waals surface area contributed by atoms with E-state index in [4.69, 9.17) is 0 Å². The predicted molar refractivity (Wildman–Crippen MR) is 128 cm³/mol. The van der Waals surface area contributed by atoms with Crippen LogP contribution in [-0.2, 0) is 12.4 Å². The molecule has 192 valence electrons. The van der Waals surface area contributed by atoms with E-state index >= 15 is 0 Å². The molecule has 0 heterocycles. The fourth-order valence-electron chi connectivity index (χ4n) is 3.66. The predicted octanol–water partition coefficient (Wildman–Crippen LogP) is 7.30. The molecule has 3 aromatic carbocycles. The third-order valence-corrected chi connectivity index (χ3v) is 5.44. The van der Waals surface area contributed by atoms with Gasteiger partial charge in [-0.15, -0.1) is 0 Å². The van der Waals surface area contributed by atoms with Gasteiger partial charge in [0.05, 0.1) is 11.1 Å². The first-order valence-corrected chi connectivity index (χ1v) is 11.2. The summed E-state index contributed by atoms with van der Waals surface area (Å²) >= 11 is 0. The zero-order valence-electron chi connectivity index (χ0n) is 19.3. The van der Waals surface area contributed by atoms with Gasteiger partial charge in [-0.3, -0.25) is 0 Å². The van der Waals surface area contributed by atoms with Gasteiger partial charge in [0.1, 0.15) is 0 Å². The van der Waals surface area contributed by atoms with Crippen LogP contribution < -0.4 is 16.0 Å². The third-order valence-electron chi connectivity index (χ3n) is 5.44. The highest BCUT2D eigenvalue weighted by atomic mass is 19.4. The van der Waals surface area contributed by atoms with Gasteiger partial charge < -0.3 is 16.0 Å². The number of hydrogen-bond donors (Lipinski definition) is 3. The number of carbonyl (C=O) groups is 1. The molecule has 0 unspecified atom stereocenters. The maximum absolute atomic E-state index is 12.9. The fraction of sp³-hybridized carbons (Fsp3) is 0.269. The maximum atomic E-state index is 12.9. The molecule has 10 heteroatoms. The van der Waals surface area contributed by atoms with Gasteiger partial charge in [-0.1, -0.05) is 54.6 Å². The van der Waals surface area contributed by atoms with Crippen molar-refractivity contribution in [1.82, 2.24) is 10.6 Å². The second-order valence-electron chi connectivity index (χ2n) is 8.13. The van der Waals surface area contributed by atoms with Crippen molar-refractivity contribution in [3.63, 3.8) is 0 Å². The van der Waals surface area contributed by atoms with E-state index in [1.165, 1.54) is 10.9 Å². The van der Waals surface area contributed by atoms with Crippen LogP contribution in [0.15, 0.2) is 72.8 Å². The van der Waals surface area contributed by atoms with Gasteiger partial charge in [0.25, 0.3) is 0 Å². The van der Waals surface area contributed by atoms with E-state index < -0.39 is 35.2 Å². The monoisotopic (exact) mass is 509 g/mol. The van der Waals surface area contributed by atoms with Crippen LogP contribution in [0, 0.1) is 0 Å². The lowest BCUT2D eigenvalue weighted by molar-refractivity contribution is -0.143. The second kappa shape index (κ2) is 11.5. The highest BCUT2D eigenvalue weighted by molar-refractivity contribution is 5.89. The molecule has 0 fully saturated rings. The van der Waals surface area contributed by atoms with Crippen molar-refractivity contribution in [2.75, 3.05) is 18.4 Å². The first-order chi connectivity index (χ1) is 16.9. The number of amides is 2. The Morgan fingerprint density at radius 2 is 1.53 bits per heavy atom. The molecule has 0 saturated heterocycles. The molecule has 1 atom stereocenters. The van der Waals surface area contributed by atoms with Crippen molar-refractivity contribution in [2.45, 2.75) is 31.7 Å². The molecule has 2 amide bonds. The van der Waals surface area contributed by atoms with Crippen LogP contribution in [0.2, 0.25) is 0 Å². The smallest absolute Gasteiger partial charge is 0.338 e. The SMILES string of the molecule is C[C@@H](NC/C=C/CCNC(=O)Nc1cc(C(F)(F)F)cc(C(F)(F)F)c1)c1cccc2ccccc12. The quantitative estimate of drug-likeness (QED) is 0.170. The number of rotatable bonds is 8. The molecule has 3 rings (SSSR count). The molecule has 36 heavy (non-hydrogen) atoms. The number of halogens is 6. The first kappa shape index (κ1) is 27.1. The van der Waals surface area contributed by atoms with E-state index in [0.717, 1.165) is 5.39 Å². The summed E-state index contributed by atoms with van der Waals surface area (Å²) in [6, 6.07) is 14.3. The molecular formula is C26H25F6N3O. The van der Waals surface area contributed by atoms with E-state index in [1.807, 2.05) is 35.7 Å². The molecule has 0 spiro atoms. The summed E-state index contributed by atoms with van der Waals surface area (Å²) in [5.41, 5.74) is -2.43. The first-order valence-electron chi connectivity index (χ1n) is 11.2. The number of alkyl halides is 6. The largest absolute Gasteiger partial charge is 0.416 e. The minimum absolute atomic E-state index is 0.00302.